The number of ether oxygens (including phenoxy) is 1. The van der Waals surface area contributed by atoms with Gasteiger partial charge in [0, 0.05) is 6.92 Å². The minimum absolute atomic E-state index is 0.563. The lowest BCUT2D eigenvalue weighted by molar-refractivity contribution is -0.252. The molecule has 0 unspecified atom stereocenters. The van der Waals surface area contributed by atoms with Crippen LogP contribution in [0.2, 0.25) is 0 Å². The highest BCUT2D eigenvalue weighted by Crippen LogP contribution is 2.20. The summed E-state index contributed by atoms with van der Waals surface area (Å²) in [7, 11) is -4.74. The van der Waals surface area contributed by atoms with Crippen LogP contribution in [0, 0.1) is 0 Å². The molecule has 1 heterocycles. The lowest BCUT2D eigenvalue weighted by Gasteiger charge is -2.40. The molecule has 0 spiro atoms. The molecule has 11 heteroatoms. The van der Waals surface area contributed by atoms with Gasteiger partial charge < -0.3 is 25.4 Å². The van der Waals surface area contributed by atoms with Gasteiger partial charge in [-0.3, -0.25) is 9.35 Å². The third-order valence-electron chi connectivity index (χ3n) is 2.47. The smallest absolute Gasteiger partial charge is 0.388 e. The fourth-order valence-corrected chi connectivity index (χ4v) is 1.93. The van der Waals surface area contributed by atoms with Gasteiger partial charge in [0.05, 0.1) is 6.61 Å². The Hall–Kier alpha value is -0.820. The van der Waals surface area contributed by atoms with Gasteiger partial charge in [0.25, 0.3) is 0 Å². The molecule has 5 atom stereocenters. The zero-order valence-electron chi connectivity index (χ0n) is 9.83. The van der Waals surface area contributed by atoms with Crippen molar-refractivity contribution >= 4 is 16.3 Å². The number of hydrogen-bond donors (Lipinski definition) is 5. The van der Waals surface area contributed by atoms with E-state index >= 15 is 0 Å². The van der Waals surface area contributed by atoms with Crippen LogP contribution in [0.5, 0.6) is 0 Å². The number of aliphatic hydroxyl groups is 3. The topological polar surface area (TPSA) is 163 Å². The Morgan fingerprint density at radius 2 is 1.89 bits per heavy atom. The molecule has 112 valence electrons. The maximum Gasteiger partial charge on any atom is 0.397 e. The molecule has 0 aliphatic carbocycles. The molecule has 1 rings (SSSR count). The molecular formula is C8H15NO9S. The Morgan fingerprint density at radius 1 is 1.32 bits per heavy atom. The largest absolute Gasteiger partial charge is 0.397 e. The van der Waals surface area contributed by atoms with Crippen LogP contribution >= 0.6 is 0 Å². The van der Waals surface area contributed by atoms with Crippen LogP contribution in [-0.4, -0.2) is 71.4 Å². The van der Waals surface area contributed by atoms with E-state index in [1.807, 2.05) is 0 Å². The van der Waals surface area contributed by atoms with Crippen molar-refractivity contribution < 1.29 is 42.0 Å². The van der Waals surface area contributed by atoms with Gasteiger partial charge in [0.2, 0.25) is 5.91 Å². The van der Waals surface area contributed by atoms with Crippen molar-refractivity contribution in [1.82, 2.24) is 5.32 Å². The first-order chi connectivity index (χ1) is 8.61. The van der Waals surface area contributed by atoms with E-state index < -0.39 is 53.6 Å². The standard InChI is InChI=1S/C8H15NO9S/c1-3(10)9-5-7(12)6(11)4(18-8(5)13)2-17-19(14,15)16/h4-8,11-13H,2H2,1H3,(H,9,10)(H,14,15,16)/t4-,5-,6-,7-,8+/m1/s1. The summed E-state index contributed by atoms with van der Waals surface area (Å²) < 4.78 is 37.9. The van der Waals surface area contributed by atoms with E-state index in [4.69, 9.17) is 9.29 Å². The van der Waals surface area contributed by atoms with Gasteiger partial charge in [-0.15, -0.1) is 0 Å². The summed E-state index contributed by atoms with van der Waals surface area (Å²) in [6, 6.07) is -1.27. The molecule has 0 aromatic rings. The molecule has 0 radical (unpaired) electrons. The number of carbonyl (C=O) groups excluding carboxylic acids is 1. The Kier molecular flexibility index (Phi) is 5.20. The van der Waals surface area contributed by atoms with Crippen LogP contribution in [0.3, 0.4) is 0 Å². The molecule has 1 saturated heterocycles. The molecule has 0 bridgehead atoms. The summed E-state index contributed by atoms with van der Waals surface area (Å²) in [5, 5.41) is 31.0. The quantitative estimate of drug-likeness (QED) is 0.335. The predicted octanol–water partition coefficient (Wildman–Crippen LogP) is -3.25. The fourth-order valence-electron chi connectivity index (χ4n) is 1.63. The van der Waals surface area contributed by atoms with E-state index in [2.05, 4.69) is 9.50 Å². The van der Waals surface area contributed by atoms with Gasteiger partial charge in [-0.05, 0) is 0 Å². The summed E-state index contributed by atoms with van der Waals surface area (Å²) in [5.74, 6) is -0.563. The summed E-state index contributed by atoms with van der Waals surface area (Å²) in [4.78, 5) is 10.8. The SMILES string of the molecule is CC(=O)N[C@@H]1[C@@H](O)[C@H](O)[C@@H](COS(=O)(=O)O)O[C@@H]1O. The molecular weight excluding hydrogens is 286 g/mol. The van der Waals surface area contributed by atoms with Gasteiger partial charge in [-0.1, -0.05) is 0 Å². The molecule has 1 amide bonds. The molecule has 10 nitrogen and oxygen atoms in total. The van der Waals surface area contributed by atoms with Crippen LogP contribution in [0.1, 0.15) is 6.92 Å². The van der Waals surface area contributed by atoms with E-state index in [0.717, 1.165) is 6.92 Å². The fraction of sp³-hybridized carbons (Fsp3) is 0.875. The molecule has 0 aromatic heterocycles. The Labute approximate surface area is 108 Å². The van der Waals surface area contributed by atoms with Crippen molar-refractivity contribution in [2.24, 2.45) is 0 Å². The summed E-state index contributed by atoms with van der Waals surface area (Å²) in [6.45, 7) is 0.334. The summed E-state index contributed by atoms with van der Waals surface area (Å²) in [5.41, 5.74) is 0. The number of aliphatic hydroxyl groups excluding tert-OH is 3. The van der Waals surface area contributed by atoms with Crippen molar-refractivity contribution in [1.29, 1.82) is 0 Å². The van der Waals surface area contributed by atoms with E-state index in [9.17, 15) is 28.5 Å². The highest BCUT2D eigenvalue weighted by atomic mass is 32.3. The first-order valence-electron chi connectivity index (χ1n) is 5.20. The van der Waals surface area contributed by atoms with E-state index in [1.165, 1.54) is 0 Å². The molecule has 0 saturated carbocycles. The first-order valence-corrected chi connectivity index (χ1v) is 6.57. The lowest BCUT2D eigenvalue weighted by Crippen LogP contribution is -2.64. The van der Waals surface area contributed by atoms with Crippen LogP contribution in [-0.2, 0) is 24.1 Å². The average Bonchev–Trinajstić information content (AvgIpc) is 2.26. The van der Waals surface area contributed by atoms with Crippen molar-refractivity contribution in [3.05, 3.63) is 0 Å². The van der Waals surface area contributed by atoms with Crippen LogP contribution < -0.4 is 5.32 Å². The minimum Gasteiger partial charge on any atom is -0.388 e. The molecule has 1 aliphatic heterocycles. The zero-order valence-corrected chi connectivity index (χ0v) is 10.6. The second-order valence-electron chi connectivity index (χ2n) is 3.98. The Balaban J connectivity index is 2.69. The van der Waals surface area contributed by atoms with E-state index in [-0.39, 0.29) is 0 Å². The van der Waals surface area contributed by atoms with Gasteiger partial charge in [0.15, 0.2) is 6.29 Å². The number of hydrogen-bond acceptors (Lipinski definition) is 8. The number of carbonyl (C=O) groups is 1. The number of nitrogens with one attached hydrogen (secondary N) is 1. The van der Waals surface area contributed by atoms with E-state index in [1.54, 1.807) is 0 Å². The van der Waals surface area contributed by atoms with Gasteiger partial charge in [0.1, 0.15) is 24.4 Å². The van der Waals surface area contributed by atoms with Crippen molar-refractivity contribution in [2.75, 3.05) is 6.61 Å². The zero-order chi connectivity index (χ0) is 14.8. The molecule has 19 heavy (non-hydrogen) atoms. The third kappa shape index (κ3) is 4.65. The highest BCUT2D eigenvalue weighted by molar-refractivity contribution is 7.80. The average molecular weight is 301 g/mol. The van der Waals surface area contributed by atoms with Gasteiger partial charge >= 0.3 is 10.4 Å². The monoisotopic (exact) mass is 301 g/mol. The Bertz CT molecular complexity index is 424. The van der Waals surface area contributed by atoms with Crippen molar-refractivity contribution in [3.8, 4) is 0 Å². The van der Waals surface area contributed by atoms with E-state index in [0.29, 0.717) is 0 Å². The highest BCUT2D eigenvalue weighted by Gasteiger charge is 2.44. The van der Waals surface area contributed by atoms with Crippen LogP contribution in [0.15, 0.2) is 0 Å². The predicted molar refractivity (Wildman–Crippen MR) is 58.0 cm³/mol. The third-order valence-corrected chi connectivity index (χ3v) is 2.91. The number of amides is 1. The maximum absolute atomic E-state index is 10.8. The first kappa shape index (κ1) is 16.2. The molecule has 1 aliphatic rings. The number of rotatable bonds is 4. The lowest BCUT2D eigenvalue weighted by atomic mass is 9.97. The van der Waals surface area contributed by atoms with Crippen molar-refractivity contribution in [3.63, 3.8) is 0 Å². The Morgan fingerprint density at radius 3 is 2.37 bits per heavy atom. The molecule has 0 aromatic carbocycles. The van der Waals surface area contributed by atoms with Crippen LogP contribution in [0.25, 0.3) is 0 Å². The second kappa shape index (κ2) is 6.09. The summed E-state index contributed by atoms with van der Waals surface area (Å²) in [6.07, 6.45) is -6.28. The molecule has 5 N–H and O–H groups in total. The van der Waals surface area contributed by atoms with Crippen molar-refractivity contribution in [2.45, 2.75) is 37.6 Å². The minimum atomic E-state index is -4.74. The maximum atomic E-state index is 10.8. The molecule has 1 fully saturated rings. The van der Waals surface area contributed by atoms with Gasteiger partial charge in [-0.2, -0.15) is 8.42 Å². The van der Waals surface area contributed by atoms with Crippen LogP contribution in [0.4, 0.5) is 0 Å². The normalized spacial score (nSPS) is 35.9. The second-order valence-corrected chi connectivity index (χ2v) is 5.08. The summed E-state index contributed by atoms with van der Waals surface area (Å²) >= 11 is 0. The van der Waals surface area contributed by atoms with Gasteiger partial charge in [-0.25, -0.2) is 4.18 Å².